The number of pyridine rings is 1. The Bertz CT molecular complexity index is 1920. The third-order valence-corrected chi connectivity index (χ3v) is 10.0. The molecule has 1 unspecified atom stereocenters. The molecule has 2 aliphatic rings. The van der Waals surface area contributed by atoms with Gasteiger partial charge in [-0.1, -0.05) is 24.3 Å². The summed E-state index contributed by atoms with van der Waals surface area (Å²) in [5.41, 5.74) is 0.774. The minimum atomic E-state index is -4.53. The van der Waals surface area contributed by atoms with E-state index in [-0.39, 0.29) is 46.6 Å². The van der Waals surface area contributed by atoms with Crippen molar-refractivity contribution in [1.29, 1.82) is 5.26 Å². The lowest BCUT2D eigenvalue weighted by molar-refractivity contribution is -0.120. The highest BCUT2D eigenvalue weighted by atomic mass is 32.2. The van der Waals surface area contributed by atoms with Crippen molar-refractivity contribution in [2.45, 2.75) is 30.8 Å². The van der Waals surface area contributed by atoms with Gasteiger partial charge in [0.25, 0.3) is 15.9 Å². The van der Waals surface area contributed by atoms with Gasteiger partial charge in [0, 0.05) is 50.2 Å². The molecule has 3 heterocycles. The van der Waals surface area contributed by atoms with Crippen molar-refractivity contribution in [3.8, 4) is 17.7 Å². The minimum absolute atomic E-state index is 0.106. The van der Waals surface area contributed by atoms with Gasteiger partial charge >= 0.3 is 0 Å². The number of benzene rings is 3. The Morgan fingerprint density at radius 3 is 2.43 bits per heavy atom. The van der Waals surface area contributed by atoms with Crippen LogP contribution in [-0.4, -0.2) is 63.6 Å². The number of carbonyl (C=O) groups excluding carboxylic acids is 1. The predicted octanol–water partition coefficient (Wildman–Crippen LogP) is 4.25. The SMILES string of the molecule is CCOc1ccccc1S(=O)(=O)N1C(=O)C(Nc2ccc(CN3CCNCC3)cc2)(c2cccnc2OCC)c2cc(C#N)ccc21. The van der Waals surface area contributed by atoms with Crippen molar-refractivity contribution in [3.05, 3.63) is 107 Å². The van der Waals surface area contributed by atoms with E-state index in [0.29, 0.717) is 11.3 Å². The summed E-state index contributed by atoms with van der Waals surface area (Å²) in [7, 11) is -4.53. The van der Waals surface area contributed by atoms with Crippen LogP contribution in [0, 0.1) is 11.3 Å². The third-order valence-electron chi connectivity index (χ3n) is 8.28. The van der Waals surface area contributed by atoms with E-state index >= 15 is 4.79 Å². The molecule has 242 valence electrons. The summed E-state index contributed by atoms with van der Waals surface area (Å²) in [6.45, 7) is 8.60. The largest absolute Gasteiger partial charge is 0.492 e. The minimum Gasteiger partial charge on any atom is -0.492 e. The Kier molecular flexibility index (Phi) is 9.13. The molecule has 0 saturated carbocycles. The number of aromatic nitrogens is 1. The monoisotopic (exact) mass is 652 g/mol. The number of sulfonamides is 1. The van der Waals surface area contributed by atoms with Gasteiger partial charge in [-0.05, 0) is 74.0 Å². The van der Waals surface area contributed by atoms with Crippen LogP contribution in [-0.2, 0) is 26.9 Å². The van der Waals surface area contributed by atoms with Crippen LogP contribution in [0.15, 0.2) is 90.0 Å². The smallest absolute Gasteiger partial charge is 0.276 e. The second-order valence-corrected chi connectivity index (χ2v) is 12.9. The first kappa shape index (κ1) is 32.0. The number of anilines is 2. The topological polar surface area (TPSA) is 137 Å². The van der Waals surface area contributed by atoms with Gasteiger partial charge in [-0.25, -0.2) is 13.4 Å². The second-order valence-electron chi connectivity index (χ2n) is 11.2. The van der Waals surface area contributed by atoms with E-state index in [9.17, 15) is 13.7 Å². The van der Waals surface area contributed by atoms with E-state index < -0.39 is 21.5 Å². The molecule has 1 fully saturated rings. The molecular formula is C35H36N6O5S. The second kappa shape index (κ2) is 13.4. The number of nitrogens with zero attached hydrogens (tertiary/aromatic N) is 4. The van der Waals surface area contributed by atoms with Gasteiger partial charge in [-0.15, -0.1) is 0 Å². The first-order valence-corrected chi connectivity index (χ1v) is 17.0. The molecule has 0 bridgehead atoms. The molecule has 0 aliphatic carbocycles. The predicted molar refractivity (Wildman–Crippen MR) is 178 cm³/mol. The van der Waals surface area contributed by atoms with Crippen molar-refractivity contribution >= 4 is 27.3 Å². The number of hydrogen-bond acceptors (Lipinski definition) is 10. The highest BCUT2D eigenvalue weighted by Crippen LogP contribution is 2.51. The van der Waals surface area contributed by atoms with Crippen LogP contribution in [0.25, 0.3) is 0 Å². The number of amides is 1. The Morgan fingerprint density at radius 1 is 0.957 bits per heavy atom. The average molecular weight is 653 g/mol. The van der Waals surface area contributed by atoms with Crippen molar-refractivity contribution in [2.75, 3.05) is 49.0 Å². The summed E-state index contributed by atoms with van der Waals surface area (Å²) in [4.78, 5) is 21.8. The molecule has 12 heteroatoms. The van der Waals surface area contributed by atoms with Gasteiger partial charge in [0.15, 0.2) is 5.54 Å². The van der Waals surface area contributed by atoms with Crippen molar-refractivity contribution in [3.63, 3.8) is 0 Å². The Hall–Kier alpha value is -4.96. The summed E-state index contributed by atoms with van der Waals surface area (Å²) >= 11 is 0. The molecule has 1 atom stereocenters. The van der Waals surface area contributed by atoms with Gasteiger partial charge in [0.05, 0.1) is 36.1 Å². The fourth-order valence-electron chi connectivity index (χ4n) is 6.15. The molecule has 1 aromatic heterocycles. The van der Waals surface area contributed by atoms with E-state index in [2.05, 4.69) is 26.6 Å². The Morgan fingerprint density at radius 2 is 1.70 bits per heavy atom. The zero-order chi connectivity index (χ0) is 33.0. The van der Waals surface area contributed by atoms with Crippen LogP contribution >= 0.6 is 0 Å². The van der Waals surface area contributed by atoms with E-state index in [1.54, 1.807) is 56.4 Å². The highest BCUT2D eigenvalue weighted by molar-refractivity contribution is 7.93. The van der Waals surface area contributed by atoms with E-state index in [1.807, 2.05) is 24.3 Å². The molecule has 1 saturated heterocycles. The Labute approximate surface area is 274 Å². The molecule has 0 spiro atoms. The number of ether oxygens (including phenoxy) is 2. The fraction of sp³-hybridized carbons (Fsp3) is 0.286. The van der Waals surface area contributed by atoms with Crippen molar-refractivity contribution in [2.24, 2.45) is 0 Å². The summed E-state index contributed by atoms with van der Waals surface area (Å²) in [6.07, 6.45) is 1.55. The molecule has 1 amide bonds. The van der Waals surface area contributed by atoms with Crippen LogP contribution in [0.1, 0.15) is 36.1 Å². The average Bonchev–Trinajstić information content (AvgIpc) is 3.34. The van der Waals surface area contributed by atoms with Gasteiger partial charge in [-0.3, -0.25) is 9.69 Å². The molecule has 47 heavy (non-hydrogen) atoms. The molecular weight excluding hydrogens is 616 g/mol. The number of para-hydroxylation sites is 1. The fourth-order valence-corrected chi connectivity index (χ4v) is 7.75. The van der Waals surface area contributed by atoms with Gasteiger partial charge in [0.1, 0.15) is 10.6 Å². The maximum Gasteiger partial charge on any atom is 0.276 e. The molecule has 0 radical (unpaired) electrons. The number of hydrogen-bond donors (Lipinski definition) is 2. The van der Waals surface area contributed by atoms with Gasteiger partial charge in [0.2, 0.25) is 5.88 Å². The first-order chi connectivity index (χ1) is 22.8. The number of nitriles is 1. The Balaban J connectivity index is 1.53. The normalized spacial score (nSPS) is 18.0. The highest BCUT2D eigenvalue weighted by Gasteiger charge is 2.58. The van der Waals surface area contributed by atoms with Crippen molar-refractivity contribution in [1.82, 2.24) is 15.2 Å². The summed E-state index contributed by atoms with van der Waals surface area (Å²) in [5, 5.41) is 16.7. The van der Waals surface area contributed by atoms with E-state index in [4.69, 9.17) is 9.47 Å². The lowest BCUT2D eigenvalue weighted by atomic mass is 9.83. The van der Waals surface area contributed by atoms with Gasteiger partial charge in [-0.2, -0.15) is 9.57 Å². The number of carbonyl (C=O) groups is 1. The summed E-state index contributed by atoms with van der Waals surface area (Å²) < 4.78 is 41.5. The van der Waals surface area contributed by atoms with E-state index in [0.717, 1.165) is 42.6 Å². The maximum absolute atomic E-state index is 15.1. The van der Waals surface area contributed by atoms with Crippen LogP contribution in [0.5, 0.6) is 11.6 Å². The number of rotatable bonds is 11. The quantitative estimate of drug-likeness (QED) is 0.242. The third kappa shape index (κ3) is 5.89. The number of fused-ring (bicyclic) bond motifs is 1. The molecule has 4 aromatic rings. The summed E-state index contributed by atoms with van der Waals surface area (Å²) in [6, 6.07) is 24.0. The number of piperazine rings is 1. The van der Waals surface area contributed by atoms with Crippen LogP contribution < -0.4 is 24.4 Å². The number of nitrogens with one attached hydrogen (secondary N) is 2. The molecule has 3 aromatic carbocycles. The zero-order valence-electron chi connectivity index (χ0n) is 26.3. The maximum atomic E-state index is 15.1. The molecule has 2 N–H and O–H groups in total. The zero-order valence-corrected chi connectivity index (χ0v) is 27.1. The lowest BCUT2D eigenvalue weighted by Crippen LogP contribution is -2.49. The standard InChI is InChI=1S/C35H36N6O5S/c1-3-45-31-9-5-6-10-32(31)47(43,44)41-30-16-13-26(23-36)22-29(30)35(34(41)42,28-8-7-17-38-33(28)46-4-2)39-27-14-11-25(12-15-27)24-40-20-18-37-19-21-40/h5-17,22,37,39H,3-4,18-21,24H2,1-2H3. The van der Waals surface area contributed by atoms with Crippen molar-refractivity contribution < 1.29 is 22.7 Å². The van der Waals surface area contributed by atoms with Crippen LogP contribution in [0.4, 0.5) is 11.4 Å². The molecule has 6 rings (SSSR count). The molecule has 2 aliphatic heterocycles. The van der Waals surface area contributed by atoms with Gasteiger partial charge < -0.3 is 20.1 Å². The summed E-state index contributed by atoms with van der Waals surface area (Å²) in [5.74, 6) is -0.513. The van der Waals surface area contributed by atoms with E-state index in [1.165, 1.54) is 18.2 Å². The molecule has 11 nitrogen and oxygen atoms in total. The first-order valence-electron chi connectivity index (χ1n) is 15.6. The lowest BCUT2D eigenvalue weighted by Gasteiger charge is -2.32. The van der Waals surface area contributed by atoms with Crippen LogP contribution in [0.2, 0.25) is 0 Å². The van der Waals surface area contributed by atoms with Crippen LogP contribution in [0.3, 0.4) is 0 Å².